The number of unbranched alkanes of at least 4 members (excludes halogenated alkanes) is 3. The van der Waals surface area contributed by atoms with Gasteiger partial charge in [0.15, 0.2) is 0 Å². The summed E-state index contributed by atoms with van der Waals surface area (Å²) in [4.78, 5) is 56.8. The van der Waals surface area contributed by atoms with Gasteiger partial charge < -0.3 is 68.1 Å². The molecule has 0 atom stereocenters. The first-order valence-electron chi connectivity index (χ1n) is 18.8. The fourth-order valence-corrected chi connectivity index (χ4v) is 4.16. The van der Waals surface area contributed by atoms with Crippen LogP contribution in [0.2, 0.25) is 0 Å². The molecule has 0 bridgehead atoms. The van der Waals surface area contributed by atoms with Crippen LogP contribution in [0.1, 0.15) is 25.7 Å². The molecule has 0 unspecified atom stereocenters. The quantitative estimate of drug-likeness (QED) is 0.0127. The second-order valence-electron chi connectivity index (χ2n) is 11.3. The van der Waals surface area contributed by atoms with Crippen LogP contribution in [0.15, 0.2) is 36.4 Å². The molecule has 22 heteroatoms. The van der Waals surface area contributed by atoms with Crippen LogP contribution in [0.5, 0.6) is 5.75 Å². The van der Waals surface area contributed by atoms with Crippen LogP contribution in [0.25, 0.3) is 0 Å². The highest BCUT2D eigenvalue weighted by Crippen LogP contribution is 2.17. The molecule has 1 rings (SSSR count). The minimum atomic E-state index is -0.974. The van der Waals surface area contributed by atoms with Gasteiger partial charge in [-0.3, -0.25) is 10.1 Å². The summed E-state index contributed by atoms with van der Waals surface area (Å²) >= 11 is 5.64. The monoisotopic (exact) mass is 852 g/mol. The van der Waals surface area contributed by atoms with E-state index < -0.39 is 29.4 Å². The summed E-state index contributed by atoms with van der Waals surface area (Å²) in [7, 11) is 0. The molecule has 0 spiro atoms. The molecule has 3 amide bonds. The maximum atomic E-state index is 11.7. The van der Waals surface area contributed by atoms with E-state index in [-0.39, 0.29) is 104 Å². The van der Waals surface area contributed by atoms with Crippen molar-refractivity contribution in [3.8, 4) is 5.75 Å². The Labute approximate surface area is 342 Å². The molecule has 21 nitrogen and oxygen atoms in total. The molecule has 0 aliphatic rings. The number of halogens is 1. The second-order valence-corrected chi connectivity index (χ2v) is 11.7. The molecule has 58 heavy (non-hydrogen) atoms. The molecule has 0 radical (unpaired) electrons. The third-order valence-electron chi connectivity index (χ3n) is 6.78. The molecule has 0 aliphatic carbocycles. The highest BCUT2D eigenvalue weighted by atomic mass is 35.5. The lowest BCUT2D eigenvalue weighted by atomic mass is 10.2. The highest BCUT2D eigenvalue weighted by molar-refractivity contribution is 6.17. The van der Waals surface area contributed by atoms with Crippen molar-refractivity contribution in [3.05, 3.63) is 46.5 Å². The molecule has 0 aliphatic heterocycles. The number of nitrogens with zero attached hydrogens (tertiary/aromatic N) is 1. The topological polar surface area (TPSA) is 249 Å². The Hall–Kier alpha value is -4.51. The molecule has 1 aromatic carbocycles. The van der Waals surface area contributed by atoms with Crippen molar-refractivity contribution >= 4 is 41.7 Å². The third-order valence-corrected chi connectivity index (χ3v) is 7.05. The van der Waals surface area contributed by atoms with Gasteiger partial charge in [0.05, 0.1) is 77.6 Å². The van der Waals surface area contributed by atoms with Gasteiger partial charge in [-0.2, -0.15) is 0 Å². The standard InChI is InChI=1S/C36H57ClN4O17/c37-11-3-1-2-4-15-48-21-22-49-20-14-40-35(44)56-29-27-52-25-23-50-18-12-38-33(42)54-16-5-6-17-55-34(43)39-13-19-51-24-26-53-28-30-57-36(45)58-32-9-7-31(8-10-32)41(46)47/h5-10H,1-4,11-30H2,(H,38,42)(H,39,43)(H,40,44)/b6-5-. The number of carbonyl (C=O) groups is 4. The van der Waals surface area contributed by atoms with Gasteiger partial charge in [-0.25, -0.2) is 19.2 Å². The number of alkyl halides is 1. The molecule has 0 heterocycles. The van der Waals surface area contributed by atoms with Crippen molar-refractivity contribution in [3.63, 3.8) is 0 Å². The fraction of sp³-hybridized carbons (Fsp3) is 0.667. The number of nitro benzene ring substituents is 1. The first kappa shape index (κ1) is 51.5. The predicted octanol–water partition coefficient (Wildman–Crippen LogP) is 3.74. The zero-order valence-electron chi connectivity index (χ0n) is 32.7. The average molecular weight is 853 g/mol. The first-order valence-corrected chi connectivity index (χ1v) is 19.3. The number of ether oxygens (including phenoxy) is 11. The number of nitrogens with one attached hydrogen (secondary N) is 3. The van der Waals surface area contributed by atoms with E-state index in [2.05, 4.69) is 16.0 Å². The number of nitro groups is 1. The van der Waals surface area contributed by atoms with Crippen LogP contribution in [-0.4, -0.2) is 161 Å². The summed E-state index contributed by atoms with van der Waals surface area (Å²) in [5.41, 5.74) is -0.134. The number of hydrogen-bond acceptors (Lipinski definition) is 17. The van der Waals surface area contributed by atoms with Gasteiger partial charge in [0.2, 0.25) is 0 Å². The van der Waals surface area contributed by atoms with Gasteiger partial charge in [0, 0.05) is 44.3 Å². The van der Waals surface area contributed by atoms with Crippen LogP contribution < -0.4 is 20.7 Å². The van der Waals surface area contributed by atoms with Crippen molar-refractivity contribution in [2.75, 3.05) is 131 Å². The summed E-state index contributed by atoms with van der Waals surface area (Å²) in [6.07, 6.45) is 4.48. The van der Waals surface area contributed by atoms with E-state index in [1.807, 2.05) is 0 Å². The van der Waals surface area contributed by atoms with E-state index >= 15 is 0 Å². The second kappa shape index (κ2) is 38.0. The van der Waals surface area contributed by atoms with E-state index in [4.69, 9.17) is 63.7 Å². The van der Waals surface area contributed by atoms with Crippen LogP contribution in [0.4, 0.5) is 24.9 Å². The number of rotatable bonds is 36. The van der Waals surface area contributed by atoms with Crippen molar-refractivity contribution in [1.82, 2.24) is 16.0 Å². The Balaban J connectivity index is 1.80. The average Bonchev–Trinajstić information content (AvgIpc) is 3.21. The van der Waals surface area contributed by atoms with Crippen molar-refractivity contribution in [2.24, 2.45) is 0 Å². The largest absolute Gasteiger partial charge is 0.513 e. The van der Waals surface area contributed by atoms with Crippen LogP contribution >= 0.6 is 11.6 Å². The lowest BCUT2D eigenvalue weighted by molar-refractivity contribution is -0.384. The minimum absolute atomic E-state index is 0.0280. The first-order chi connectivity index (χ1) is 28.3. The molecule has 0 saturated heterocycles. The maximum Gasteiger partial charge on any atom is 0.513 e. The van der Waals surface area contributed by atoms with Crippen LogP contribution in [0, 0.1) is 10.1 Å². The zero-order chi connectivity index (χ0) is 42.2. The Morgan fingerprint density at radius 3 is 1.43 bits per heavy atom. The Kier molecular flexibility index (Phi) is 33.8. The number of carbonyl (C=O) groups excluding carboxylic acids is 4. The Bertz CT molecular complexity index is 1260. The van der Waals surface area contributed by atoms with Gasteiger partial charge >= 0.3 is 24.4 Å². The van der Waals surface area contributed by atoms with Gasteiger partial charge in [0.25, 0.3) is 5.69 Å². The third kappa shape index (κ3) is 33.6. The number of amides is 3. The Morgan fingerprint density at radius 2 is 0.948 bits per heavy atom. The summed E-state index contributed by atoms with van der Waals surface area (Å²) < 4.78 is 56.8. The summed E-state index contributed by atoms with van der Waals surface area (Å²) in [5, 5.41) is 18.3. The van der Waals surface area contributed by atoms with Gasteiger partial charge in [0.1, 0.15) is 32.2 Å². The maximum absolute atomic E-state index is 11.7. The van der Waals surface area contributed by atoms with Crippen LogP contribution in [0.3, 0.4) is 0 Å². The number of benzene rings is 1. The van der Waals surface area contributed by atoms with E-state index in [1.165, 1.54) is 36.4 Å². The summed E-state index contributed by atoms with van der Waals surface area (Å²) in [6, 6.07) is 4.96. The molecule has 0 saturated carbocycles. The lowest BCUT2D eigenvalue weighted by Crippen LogP contribution is -2.29. The Morgan fingerprint density at radius 1 is 0.534 bits per heavy atom. The minimum Gasteiger partial charge on any atom is -0.447 e. The van der Waals surface area contributed by atoms with Gasteiger partial charge in [-0.1, -0.05) is 12.8 Å². The molecule has 330 valence electrons. The summed E-state index contributed by atoms with van der Waals surface area (Å²) in [6.45, 7) is 4.48. The molecule has 0 fully saturated rings. The van der Waals surface area contributed by atoms with E-state index in [0.717, 1.165) is 25.7 Å². The van der Waals surface area contributed by atoms with Gasteiger partial charge in [-0.05, 0) is 37.1 Å². The number of non-ortho nitro benzene ring substituents is 1. The predicted molar refractivity (Wildman–Crippen MR) is 206 cm³/mol. The normalized spacial score (nSPS) is 10.8. The summed E-state index contributed by atoms with van der Waals surface area (Å²) in [5.74, 6) is 0.803. The van der Waals surface area contributed by atoms with E-state index in [1.54, 1.807) is 0 Å². The molecule has 3 N–H and O–H groups in total. The molecule has 1 aromatic rings. The number of hydrogen-bond donors (Lipinski definition) is 3. The van der Waals surface area contributed by atoms with Crippen LogP contribution in [-0.2, 0) is 47.4 Å². The molecular formula is C36H57ClN4O17. The van der Waals surface area contributed by atoms with Crippen molar-refractivity contribution in [1.29, 1.82) is 0 Å². The molecular weight excluding hydrogens is 796 g/mol. The highest BCUT2D eigenvalue weighted by Gasteiger charge is 2.09. The number of alkyl carbamates (subject to hydrolysis) is 3. The van der Waals surface area contributed by atoms with E-state index in [0.29, 0.717) is 38.9 Å². The lowest BCUT2D eigenvalue weighted by Gasteiger charge is -2.09. The SMILES string of the molecule is O=C(NCCOCCOCCOC(=O)NCCOCCOCCCCCCCl)OC/C=C\COC(=O)NCCOCCOCCOC(=O)Oc1ccc([N+](=O)[O-])cc1. The fourth-order valence-electron chi connectivity index (χ4n) is 3.97. The molecule has 0 aromatic heterocycles. The van der Waals surface area contributed by atoms with Crippen molar-refractivity contribution in [2.45, 2.75) is 25.7 Å². The van der Waals surface area contributed by atoms with Gasteiger partial charge in [-0.15, -0.1) is 11.6 Å². The smallest absolute Gasteiger partial charge is 0.447 e. The van der Waals surface area contributed by atoms with Crippen molar-refractivity contribution < 1.29 is 76.2 Å². The van der Waals surface area contributed by atoms with E-state index in [9.17, 15) is 29.3 Å². The zero-order valence-corrected chi connectivity index (χ0v) is 33.5.